The summed E-state index contributed by atoms with van der Waals surface area (Å²) in [5, 5.41) is 7.07. The zero-order valence-corrected chi connectivity index (χ0v) is 5.76. The lowest BCUT2D eigenvalue weighted by Crippen LogP contribution is -1.73. The number of nitrogens with zero attached hydrogens (tertiary/aromatic N) is 2. The van der Waals surface area contributed by atoms with E-state index in [0.717, 1.165) is 11.0 Å². The van der Waals surface area contributed by atoms with E-state index in [4.69, 9.17) is 11.6 Å². The minimum atomic E-state index is 0.494. The van der Waals surface area contributed by atoms with Crippen molar-refractivity contribution >= 4 is 22.6 Å². The number of rotatable bonds is 0. The standard InChI is InChI=1S/C6H4ClN3/c7-6-2-1-4-5(9-6)3-8-10-4/h1-3H,(H,8,10). The molecule has 4 heteroatoms. The summed E-state index contributed by atoms with van der Waals surface area (Å²) < 4.78 is 0. The van der Waals surface area contributed by atoms with Gasteiger partial charge in [-0.05, 0) is 12.1 Å². The average molecular weight is 154 g/mol. The highest BCUT2D eigenvalue weighted by molar-refractivity contribution is 6.29. The van der Waals surface area contributed by atoms with Crippen LogP contribution in [0.4, 0.5) is 0 Å². The molecule has 0 amide bonds. The summed E-state index contributed by atoms with van der Waals surface area (Å²) in [7, 11) is 0. The maximum Gasteiger partial charge on any atom is 0.129 e. The molecule has 10 heavy (non-hydrogen) atoms. The molecule has 2 aromatic rings. The van der Waals surface area contributed by atoms with E-state index in [1.165, 1.54) is 0 Å². The van der Waals surface area contributed by atoms with E-state index in [1.807, 2.05) is 6.07 Å². The van der Waals surface area contributed by atoms with Crippen molar-refractivity contribution in [3.63, 3.8) is 0 Å². The molecule has 0 aliphatic rings. The zero-order valence-electron chi connectivity index (χ0n) is 5.00. The van der Waals surface area contributed by atoms with Crippen LogP contribution in [0, 0.1) is 0 Å². The first-order chi connectivity index (χ1) is 4.86. The second kappa shape index (κ2) is 1.95. The van der Waals surface area contributed by atoms with Crippen LogP contribution >= 0.6 is 11.6 Å². The second-order valence-corrected chi connectivity index (χ2v) is 2.32. The lowest BCUT2D eigenvalue weighted by molar-refractivity contribution is 1.12. The lowest BCUT2D eigenvalue weighted by Gasteiger charge is -1.86. The normalized spacial score (nSPS) is 10.5. The van der Waals surface area contributed by atoms with Crippen LogP contribution in [0.1, 0.15) is 0 Å². The fourth-order valence-electron chi connectivity index (χ4n) is 0.806. The molecule has 2 aromatic heterocycles. The quantitative estimate of drug-likeness (QED) is 0.585. The molecule has 0 aliphatic carbocycles. The number of aromatic amines is 1. The van der Waals surface area contributed by atoms with E-state index in [9.17, 15) is 0 Å². The van der Waals surface area contributed by atoms with Crippen molar-refractivity contribution in [1.82, 2.24) is 15.2 Å². The number of halogens is 1. The van der Waals surface area contributed by atoms with Crippen molar-refractivity contribution in [3.05, 3.63) is 23.5 Å². The molecule has 0 bridgehead atoms. The second-order valence-electron chi connectivity index (χ2n) is 1.94. The van der Waals surface area contributed by atoms with Gasteiger partial charge in [0.2, 0.25) is 0 Å². The predicted octanol–water partition coefficient (Wildman–Crippen LogP) is 1.61. The van der Waals surface area contributed by atoms with E-state index in [2.05, 4.69) is 15.2 Å². The lowest BCUT2D eigenvalue weighted by atomic mass is 10.4. The highest BCUT2D eigenvalue weighted by Crippen LogP contribution is 2.10. The summed E-state index contributed by atoms with van der Waals surface area (Å²) in [5.74, 6) is 0. The third-order valence-corrected chi connectivity index (χ3v) is 1.47. The highest BCUT2D eigenvalue weighted by atomic mass is 35.5. The van der Waals surface area contributed by atoms with Gasteiger partial charge in [-0.15, -0.1) is 0 Å². The molecule has 0 saturated carbocycles. The van der Waals surface area contributed by atoms with Crippen LogP contribution in [0.3, 0.4) is 0 Å². The van der Waals surface area contributed by atoms with Gasteiger partial charge in [0, 0.05) is 0 Å². The monoisotopic (exact) mass is 153 g/mol. The number of pyridine rings is 1. The van der Waals surface area contributed by atoms with Gasteiger partial charge in [0.1, 0.15) is 10.7 Å². The molecule has 1 N–H and O–H groups in total. The van der Waals surface area contributed by atoms with Crippen LogP contribution in [0.15, 0.2) is 18.3 Å². The van der Waals surface area contributed by atoms with Gasteiger partial charge < -0.3 is 0 Å². The van der Waals surface area contributed by atoms with Crippen LogP contribution in [-0.4, -0.2) is 15.2 Å². The molecule has 2 heterocycles. The van der Waals surface area contributed by atoms with Crippen LogP contribution in [0.25, 0.3) is 11.0 Å². The van der Waals surface area contributed by atoms with E-state index in [-0.39, 0.29) is 0 Å². The smallest absolute Gasteiger partial charge is 0.129 e. The first-order valence-corrected chi connectivity index (χ1v) is 3.20. The topological polar surface area (TPSA) is 41.6 Å². The molecule has 0 aromatic carbocycles. The van der Waals surface area contributed by atoms with Crippen LogP contribution in [-0.2, 0) is 0 Å². The molecule has 2 rings (SSSR count). The average Bonchev–Trinajstić information content (AvgIpc) is 2.33. The molecule has 0 aliphatic heterocycles. The van der Waals surface area contributed by atoms with E-state index < -0.39 is 0 Å². The van der Waals surface area contributed by atoms with Crippen LogP contribution in [0.5, 0.6) is 0 Å². The Kier molecular flexibility index (Phi) is 1.11. The molecule has 0 radical (unpaired) electrons. The minimum Gasteiger partial charge on any atom is -0.276 e. The highest BCUT2D eigenvalue weighted by Gasteiger charge is 1.95. The van der Waals surface area contributed by atoms with Gasteiger partial charge in [0.15, 0.2) is 0 Å². The van der Waals surface area contributed by atoms with Crippen molar-refractivity contribution in [1.29, 1.82) is 0 Å². The van der Waals surface area contributed by atoms with Crippen molar-refractivity contribution in [3.8, 4) is 0 Å². The largest absolute Gasteiger partial charge is 0.276 e. The van der Waals surface area contributed by atoms with Gasteiger partial charge in [-0.2, -0.15) is 5.10 Å². The summed E-state index contributed by atoms with van der Waals surface area (Å²) in [6, 6.07) is 3.57. The third-order valence-electron chi connectivity index (χ3n) is 1.26. The first kappa shape index (κ1) is 5.68. The Hall–Kier alpha value is -1.09. The Morgan fingerprint density at radius 3 is 3.20 bits per heavy atom. The molecule has 0 saturated heterocycles. The van der Waals surface area contributed by atoms with Gasteiger partial charge in [0.05, 0.1) is 11.7 Å². The van der Waals surface area contributed by atoms with Crippen molar-refractivity contribution in [2.45, 2.75) is 0 Å². The minimum absolute atomic E-state index is 0.494. The maximum absolute atomic E-state index is 5.62. The summed E-state index contributed by atoms with van der Waals surface area (Å²) >= 11 is 5.62. The van der Waals surface area contributed by atoms with Crippen LogP contribution in [0.2, 0.25) is 5.15 Å². The number of fused-ring (bicyclic) bond motifs is 1. The molecule has 50 valence electrons. The van der Waals surface area contributed by atoms with Crippen molar-refractivity contribution in [2.24, 2.45) is 0 Å². The fourth-order valence-corrected chi connectivity index (χ4v) is 0.960. The number of hydrogen-bond acceptors (Lipinski definition) is 2. The molecular weight excluding hydrogens is 150 g/mol. The van der Waals surface area contributed by atoms with Gasteiger partial charge in [0.25, 0.3) is 0 Å². The summed E-state index contributed by atoms with van der Waals surface area (Å²) in [6.07, 6.45) is 1.64. The summed E-state index contributed by atoms with van der Waals surface area (Å²) in [4.78, 5) is 4.01. The summed E-state index contributed by atoms with van der Waals surface area (Å²) in [6.45, 7) is 0. The Bertz CT molecular complexity index is 355. The molecule has 0 atom stereocenters. The molecule has 0 fully saturated rings. The van der Waals surface area contributed by atoms with Gasteiger partial charge in [-0.25, -0.2) is 4.98 Å². The van der Waals surface area contributed by atoms with Crippen molar-refractivity contribution in [2.75, 3.05) is 0 Å². The Morgan fingerprint density at radius 2 is 2.30 bits per heavy atom. The maximum atomic E-state index is 5.62. The van der Waals surface area contributed by atoms with Crippen molar-refractivity contribution < 1.29 is 0 Å². The van der Waals surface area contributed by atoms with E-state index in [0.29, 0.717) is 5.15 Å². The first-order valence-electron chi connectivity index (χ1n) is 2.82. The fraction of sp³-hybridized carbons (Fsp3) is 0. The number of aromatic nitrogens is 3. The van der Waals surface area contributed by atoms with Gasteiger partial charge in [-0.1, -0.05) is 11.6 Å². The Morgan fingerprint density at radius 1 is 1.40 bits per heavy atom. The number of H-pyrrole nitrogens is 1. The molecule has 0 spiro atoms. The molecular formula is C6H4ClN3. The molecule has 3 nitrogen and oxygen atoms in total. The number of hydrogen-bond donors (Lipinski definition) is 1. The molecule has 0 unspecified atom stereocenters. The zero-order chi connectivity index (χ0) is 6.97. The SMILES string of the molecule is Clc1ccc2[nH]ncc2n1. The van der Waals surface area contributed by atoms with Gasteiger partial charge >= 0.3 is 0 Å². The van der Waals surface area contributed by atoms with Crippen LogP contribution < -0.4 is 0 Å². The third kappa shape index (κ3) is 0.752. The predicted molar refractivity (Wildman–Crippen MR) is 38.9 cm³/mol. The van der Waals surface area contributed by atoms with Gasteiger partial charge in [-0.3, -0.25) is 5.10 Å². The Labute approximate surface area is 62.0 Å². The van der Waals surface area contributed by atoms with E-state index >= 15 is 0 Å². The summed E-state index contributed by atoms with van der Waals surface area (Å²) in [5.41, 5.74) is 1.71. The Balaban J connectivity index is 2.86. The number of nitrogens with one attached hydrogen (secondary N) is 1. The van der Waals surface area contributed by atoms with E-state index in [1.54, 1.807) is 12.3 Å².